The van der Waals surface area contributed by atoms with Gasteiger partial charge in [0, 0.05) is 18.5 Å². The Labute approximate surface area is 153 Å². The zero-order valence-corrected chi connectivity index (χ0v) is 15.2. The molecule has 0 atom stereocenters. The molecule has 0 radical (unpaired) electrons. The second kappa shape index (κ2) is 8.10. The number of aromatic nitrogens is 2. The highest BCUT2D eigenvalue weighted by Gasteiger charge is 2.31. The maximum absolute atomic E-state index is 12.8. The Morgan fingerprint density at radius 1 is 1.30 bits per heavy atom. The highest BCUT2D eigenvalue weighted by molar-refractivity contribution is 7.18. The van der Waals surface area contributed by atoms with E-state index in [0.29, 0.717) is 10.4 Å². The van der Waals surface area contributed by atoms with E-state index >= 15 is 0 Å². The average Bonchev–Trinajstić information content (AvgIpc) is 2.87. The van der Waals surface area contributed by atoms with Gasteiger partial charge in [0.25, 0.3) is 5.56 Å². The molecule has 2 aromatic heterocycles. The van der Waals surface area contributed by atoms with Gasteiger partial charge in [-0.15, -0.1) is 11.3 Å². The fourth-order valence-corrected chi connectivity index (χ4v) is 3.76. The first-order valence-electron chi connectivity index (χ1n) is 7.60. The van der Waals surface area contributed by atoms with E-state index in [0.717, 1.165) is 15.9 Å². The first-order chi connectivity index (χ1) is 12.6. The number of methoxy groups -OCH3 is 1. The Hall–Kier alpha value is -2.38. The number of hydrogen-bond donors (Lipinski definition) is 3. The van der Waals surface area contributed by atoms with Crippen molar-refractivity contribution < 1.29 is 27.8 Å². The monoisotopic (exact) mass is 410 g/mol. The topological polar surface area (TPSA) is 115 Å². The molecule has 0 aromatic carbocycles. The number of rotatable bonds is 7. The van der Waals surface area contributed by atoms with E-state index in [1.165, 1.54) is 14.0 Å². The molecule has 0 aliphatic carbocycles. The Bertz CT molecular complexity index is 963. The van der Waals surface area contributed by atoms with E-state index in [1.807, 2.05) is 5.43 Å². The van der Waals surface area contributed by atoms with Crippen LogP contribution in [0.3, 0.4) is 0 Å². The molecule has 2 heterocycles. The van der Waals surface area contributed by atoms with Gasteiger partial charge in [0.05, 0.1) is 18.5 Å². The number of fused-ring (bicyclic) bond motifs is 1. The number of nitrogens with zero attached hydrogens (tertiary/aromatic N) is 2. The molecule has 1 amide bonds. The third-order valence-corrected chi connectivity index (χ3v) is 5.01. The second-order valence-electron chi connectivity index (χ2n) is 5.55. The lowest BCUT2D eigenvalue weighted by Crippen LogP contribution is -2.43. The van der Waals surface area contributed by atoms with Crippen molar-refractivity contribution in [3.63, 3.8) is 0 Å². The molecule has 0 bridgehead atoms. The number of carbonyl (C=O) groups is 1. The van der Waals surface area contributed by atoms with Crippen LogP contribution in [0.15, 0.2) is 9.59 Å². The molecule has 0 aliphatic rings. The van der Waals surface area contributed by atoms with Gasteiger partial charge in [-0.1, -0.05) is 0 Å². The molecule has 13 heteroatoms. The predicted molar refractivity (Wildman–Crippen MR) is 91.0 cm³/mol. The molecule has 0 spiro atoms. The van der Waals surface area contributed by atoms with Crippen LogP contribution in [-0.4, -0.2) is 40.2 Å². The first-order valence-corrected chi connectivity index (χ1v) is 8.41. The van der Waals surface area contributed by atoms with Crippen molar-refractivity contribution in [2.75, 3.05) is 13.7 Å². The van der Waals surface area contributed by atoms with E-state index in [-0.39, 0.29) is 34.5 Å². The number of hydrazine groups is 1. The summed E-state index contributed by atoms with van der Waals surface area (Å²) < 4.78 is 44.6. The van der Waals surface area contributed by atoms with Gasteiger partial charge in [-0.2, -0.15) is 13.2 Å². The molecule has 2 aromatic rings. The van der Waals surface area contributed by atoms with Gasteiger partial charge in [0.2, 0.25) is 0 Å². The fraction of sp³-hybridized carbons (Fsp3) is 0.500. The SMILES string of the molecule is COCCn1c(=O)n(CC(F)(F)F)c(=O)c2c(C)c(CNNC(=O)O)sc21. The summed E-state index contributed by atoms with van der Waals surface area (Å²) in [5.74, 6) is 0. The molecule has 0 saturated carbocycles. The van der Waals surface area contributed by atoms with Crippen LogP contribution in [0.4, 0.5) is 18.0 Å². The molecule has 0 unspecified atom stereocenters. The summed E-state index contributed by atoms with van der Waals surface area (Å²) in [6, 6.07) is 0. The van der Waals surface area contributed by atoms with Gasteiger partial charge >= 0.3 is 18.0 Å². The lowest BCUT2D eigenvalue weighted by atomic mass is 10.2. The molecule has 0 saturated heterocycles. The van der Waals surface area contributed by atoms with E-state index in [9.17, 15) is 27.6 Å². The standard InChI is InChI=1S/C14H17F3N4O5S/c1-7-8(5-18-19-12(23)24)27-11-9(7)10(22)21(6-14(15,16)17)13(25)20(11)3-4-26-2/h18-19H,3-6H2,1-2H3,(H,23,24). The summed E-state index contributed by atoms with van der Waals surface area (Å²) in [5, 5.41) is 8.57. The molecule has 0 fully saturated rings. The summed E-state index contributed by atoms with van der Waals surface area (Å²) in [5.41, 5.74) is 2.61. The second-order valence-corrected chi connectivity index (χ2v) is 6.63. The Morgan fingerprint density at radius 2 is 1.96 bits per heavy atom. The molecular formula is C14H17F3N4O5S. The minimum atomic E-state index is -4.74. The summed E-state index contributed by atoms with van der Waals surface area (Å²) in [7, 11) is 1.38. The Morgan fingerprint density at radius 3 is 2.52 bits per heavy atom. The largest absolute Gasteiger partial charge is 0.464 e. The number of thiophene rings is 1. The lowest BCUT2D eigenvalue weighted by molar-refractivity contribution is -0.141. The van der Waals surface area contributed by atoms with Crippen LogP contribution in [0.5, 0.6) is 0 Å². The van der Waals surface area contributed by atoms with E-state index in [1.54, 1.807) is 0 Å². The van der Waals surface area contributed by atoms with E-state index in [2.05, 4.69) is 5.43 Å². The van der Waals surface area contributed by atoms with Gasteiger partial charge in [-0.3, -0.25) is 19.4 Å². The lowest BCUT2D eigenvalue weighted by Gasteiger charge is -2.13. The van der Waals surface area contributed by atoms with Gasteiger partial charge in [0.1, 0.15) is 11.4 Å². The smallest absolute Gasteiger partial charge is 0.419 e. The number of amides is 1. The van der Waals surface area contributed by atoms with Crippen LogP contribution in [0.1, 0.15) is 10.4 Å². The quantitative estimate of drug-likeness (QED) is 0.587. The summed E-state index contributed by atoms with van der Waals surface area (Å²) in [6.07, 6.45) is -6.06. The van der Waals surface area contributed by atoms with Crippen molar-refractivity contribution in [2.45, 2.75) is 32.7 Å². The number of alkyl halides is 3. The zero-order chi connectivity index (χ0) is 20.4. The van der Waals surface area contributed by atoms with Crippen molar-refractivity contribution in [3.05, 3.63) is 31.3 Å². The summed E-state index contributed by atoms with van der Waals surface area (Å²) in [6.45, 7) is -0.152. The number of aryl methyl sites for hydroxylation is 1. The van der Waals surface area contributed by atoms with E-state index in [4.69, 9.17) is 9.84 Å². The highest BCUT2D eigenvalue weighted by atomic mass is 32.1. The maximum Gasteiger partial charge on any atom is 0.419 e. The van der Waals surface area contributed by atoms with Crippen molar-refractivity contribution in [1.29, 1.82) is 0 Å². The predicted octanol–water partition coefficient (Wildman–Crippen LogP) is 1.01. The highest BCUT2D eigenvalue weighted by Crippen LogP contribution is 2.28. The molecular weight excluding hydrogens is 393 g/mol. The first kappa shape index (κ1) is 20.9. The van der Waals surface area contributed by atoms with Crippen LogP contribution < -0.4 is 22.1 Å². The van der Waals surface area contributed by atoms with Gasteiger partial charge in [-0.25, -0.2) is 15.0 Å². The van der Waals surface area contributed by atoms with Crippen LogP contribution in [-0.2, 0) is 24.4 Å². The van der Waals surface area contributed by atoms with Crippen LogP contribution >= 0.6 is 11.3 Å². The van der Waals surface area contributed by atoms with Crippen molar-refractivity contribution in [3.8, 4) is 0 Å². The number of halogens is 3. The number of ether oxygens (including phenoxy) is 1. The van der Waals surface area contributed by atoms with Crippen molar-refractivity contribution >= 4 is 27.6 Å². The molecule has 0 aliphatic heterocycles. The Kier molecular flexibility index (Phi) is 6.28. The number of carboxylic acid groups (broad SMARTS) is 1. The average molecular weight is 410 g/mol. The molecule has 9 nitrogen and oxygen atoms in total. The van der Waals surface area contributed by atoms with Crippen LogP contribution in [0, 0.1) is 6.92 Å². The van der Waals surface area contributed by atoms with Crippen LogP contribution in [0.25, 0.3) is 10.2 Å². The zero-order valence-electron chi connectivity index (χ0n) is 14.3. The molecule has 27 heavy (non-hydrogen) atoms. The van der Waals surface area contributed by atoms with Gasteiger partial charge in [0.15, 0.2) is 0 Å². The maximum atomic E-state index is 12.8. The van der Waals surface area contributed by atoms with Gasteiger partial charge < -0.3 is 9.84 Å². The Balaban J connectivity index is 2.65. The van der Waals surface area contributed by atoms with Crippen molar-refractivity contribution in [2.24, 2.45) is 0 Å². The summed E-state index contributed by atoms with van der Waals surface area (Å²) >= 11 is 1.03. The minimum absolute atomic E-state index is 0.00530. The third-order valence-electron chi connectivity index (χ3n) is 3.69. The van der Waals surface area contributed by atoms with E-state index < -0.39 is 30.1 Å². The van der Waals surface area contributed by atoms with Gasteiger partial charge in [-0.05, 0) is 12.5 Å². The molecule has 150 valence electrons. The normalized spacial score (nSPS) is 11.9. The summed E-state index contributed by atoms with van der Waals surface area (Å²) in [4.78, 5) is 36.3. The number of hydrogen-bond acceptors (Lipinski definition) is 6. The molecule has 3 N–H and O–H groups in total. The third kappa shape index (κ3) is 4.67. The number of nitrogens with one attached hydrogen (secondary N) is 2. The molecule has 2 rings (SSSR count). The van der Waals surface area contributed by atoms with Crippen molar-refractivity contribution in [1.82, 2.24) is 20.0 Å². The minimum Gasteiger partial charge on any atom is -0.464 e. The fourth-order valence-electron chi connectivity index (χ4n) is 2.51. The van der Waals surface area contributed by atoms with Crippen LogP contribution in [0.2, 0.25) is 0 Å².